The fourth-order valence-corrected chi connectivity index (χ4v) is 2.60. The minimum atomic E-state index is -3.82. The molecule has 0 aliphatic carbocycles. The van der Waals surface area contributed by atoms with Crippen molar-refractivity contribution in [2.45, 2.75) is 12.8 Å². The van der Waals surface area contributed by atoms with E-state index in [0.29, 0.717) is 17.9 Å². The maximum absolute atomic E-state index is 12.0. The van der Waals surface area contributed by atoms with Gasteiger partial charge >= 0.3 is 0 Å². The highest BCUT2D eigenvalue weighted by Crippen LogP contribution is 2.18. The molecular weight excluding hydrogens is 280 g/mol. The van der Waals surface area contributed by atoms with Gasteiger partial charge in [-0.25, -0.2) is 5.14 Å². The molecule has 1 atom stereocenters. The van der Waals surface area contributed by atoms with Gasteiger partial charge in [-0.2, -0.15) is 8.42 Å². The van der Waals surface area contributed by atoms with Gasteiger partial charge in [-0.3, -0.25) is 9.52 Å². The number of piperidine rings is 1. The van der Waals surface area contributed by atoms with Crippen LogP contribution in [0.1, 0.15) is 12.8 Å². The Morgan fingerprint density at radius 1 is 1.35 bits per heavy atom. The van der Waals surface area contributed by atoms with Crippen molar-refractivity contribution in [3.05, 3.63) is 24.3 Å². The lowest BCUT2D eigenvalue weighted by molar-refractivity contribution is -0.120. The SMILES string of the molecule is NS(=O)(=O)Nc1cccc(NC(=O)[C@H]2CCCNC2)c1. The Bertz CT molecular complexity index is 582. The van der Waals surface area contributed by atoms with Crippen LogP contribution in [0.5, 0.6) is 0 Å². The zero-order chi connectivity index (χ0) is 14.6. The summed E-state index contributed by atoms with van der Waals surface area (Å²) in [5.41, 5.74) is 0.848. The highest BCUT2D eigenvalue weighted by molar-refractivity contribution is 7.90. The lowest BCUT2D eigenvalue weighted by atomic mass is 9.99. The molecule has 0 aromatic heterocycles. The predicted octanol–water partition coefficient (Wildman–Crippen LogP) is 0.240. The summed E-state index contributed by atoms with van der Waals surface area (Å²) in [6, 6.07) is 6.42. The van der Waals surface area contributed by atoms with Crippen LogP contribution in [-0.2, 0) is 15.0 Å². The summed E-state index contributed by atoms with van der Waals surface area (Å²) in [5.74, 6) is -0.122. The van der Waals surface area contributed by atoms with Crippen LogP contribution in [0.15, 0.2) is 24.3 Å². The van der Waals surface area contributed by atoms with Crippen molar-refractivity contribution in [2.75, 3.05) is 23.1 Å². The quantitative estimate of drug-likeness (QED) is 0.637. The average Bonchev–Trinajstić information content (AvgIpc) is 2.38. The number of carbonyl (C=O) groups is 1. The normalized spacial score (nSPS) is 19.4. The van der Waals surface area contributed by atoms with Gasteiger partial charge in [0.2, 0.25) is 5.91 Å². The van der Waals surface area contributed by atoms with Gasteiger partial charge in [0, 0.05) is 12.2 Å². The number of carbonyl (C=O) groups excluding carboxylic acids is 1. The van der Waals surface area contributed by atoms with Gasteiger partial charge in [-0.15, -0.1) is 0 Å². The topological polar surface area (TPSA) is 113 Å². The molecule has 0 radical (unpaired) electrons. The Kier molecular flexibility index (Phi) is 4.58. The van der Waals surface area contributed by atoms with E-state index in [9.17, 15) is 13.2 Å². The molecule has 2 rings (SSSR count). The molecule has 1 amide bonds. The van der Waals surface area contributed by atoms with Crippen molar-refractivity contribution in [3.63, 3.8) is 0 Å². The summed E-state index contributed by atoms with van der Waals surface area (Å²) in [5, 5.41) is 10.9. The molecule has 1 aliphatic rings. The molecule has 0 unspecified atom stereocenters. The van der Waals surface area contributed by atoms with Crippen LogP contribution in [0.3, 0.4) is 0 Å². The van der Waals surface area contributed by atoms with Gasteiger partial charge in [0.05, 0.1) is 11.6 Å². The van der Waals surface area contributed by atoms with Crippen molar-refractivity contribution in [1.29, 1.82) is 0 Å². The van der Waals surface area contributed by atoms with E-state index < -0.39 is 10.2 Å². The fraction of sp³-hybridized carbons (Fsp3) is 0.417. The summed E-state index contributed by atoms with van der Waals surface area (Å²) >= 11 is 0. The van der Waals surface area contributed by atoms with Crippen LogP contribution in [0, 0.1) is 5.92 Å². The van der Waals surface area contributed by atoms with Crippen LogP contribution < -0.4 is 20.5 Å². The van der Waals surface area contributed by atoms with E-state index >= 15 is 0 Å². The molecular formula is C12H18N4O3S. The van der Waals surface area contributed by atoms with Crippen molar-refractivity contribution in [1.82, 2.24) is 5.32 Å². The average molecular weight is 298 g/mol. The standard InChI is InChI=1S/C12H18N4O3S/c13-20(18,19)16-11-5-1-4-10(7-11)15-12(17)9-3-2-6-14-8-9/h1,4-5,7,9,14,16H,2-3,6,8H2,(H,15,17)(H2,13,18,19)/t9-/m0/s1. The van der Waals surface area contributed by atoms with E-state index in [0.717, 1.165) is 19.4 Å². The molecule has 1 heterocycles. The third kappa shape index (κ3) is 4.48. The molecule has 1 aromatic rings. The van der Waals surface area contributed by atoms with Crippen molar-refractivity contribution < 1.29 is 13.2 Å². The molecule has 110 valence electrons. The molecule has 7 nitrogen and oxygen atoms in total. The molecule has 1 saturated heterocycles. The predicted molar refractivity (Wildman–Crippen MR) is 77.4 cm³/mol. The highest BCUT2D eigenvalue weighted by Gasteiger charge is 2.20. The van der Waals surface area contributed by atoms with E-state index in [1.165, 1.54) is 6.07 Å². The molecule has 20 heavy (non-hydrogen) atoms. The number of benzene rings is 1. The zero-order valence-corrected chi connectivity index (χ0v) is 11.7. The Balaban J connectivity index is 2.02. The van der Waals surface area contributed by atoms with Crippen LogP contribution >= 0.6 is 0 Å². The van der Waals surface area contributed by atoms with Crippen LogP contribution in [-0.4, -0.2) is 27.4 Å². The zero-order valence-electron chi connectivity index (χ0n) is 10.9. The Labute approximate surface area is 118 Å². The van der Waals surface area contributed by atoms with Gasteiger partial charge in [0.1, 0.15) is 0 Å². The maximum atomic E-state index is 12.0. The number of anilines is 2. The van der Waals surface area contributed by atoms with Gasteiger partial charge < -0.3 is 10.6 Å². The Hall–Kier alpha value is -1.64. The maximum Gasteiger partial charge on any atom is 0.296 e. The van der Waals surface area contributed by atoms with Crippen LogP contribution in [0.4, 0.5) is 11.4 Å². The summed E-state index contributed by atoms with van der Waals surface area (Å²) in [6.07, 6.45) is 1.83. The molecule has 1 fully saturated rings. The minimum absolute atomic E-state index is 0.0568. The first-order valence-corrected chi connectivity index (χ1v) is 7.91. The molecule has 1 aliphatic heterocycles. The van der Waals surface area contributed by atoms with E-state index in [-0.39, 0.29) is 11.8 Å². The fourth-order valence-electron chi connectivity index (χ4n) is 2.14. The number of hydrogen-bond donors (Lipinski definition) is 4. The second-order valence-electron chi connectivity index (χ2n) is 4.76. The first kappa shape index (κ1) is 14.8. The summed E-state index contributed by atoms with van der Waals surface area (Å²) in [6.45, 7) is 1.61. The molecule has 8 heteroatoms. The minimum Gasteiger partial charge on any atom is -0.326 e. The monoisotopic (exact) mass is 298 g/mol. The van der Waals surface area contributed by atoms with E-state index in [2.05, 4.69) is 15.4 Å². The van der Waals surface area contributed by atoms with E-state index in [4.69, 9.17) is 5.14 Å². The molecule has 0 saturated carbocycles. The van der Waals surface area contributed by atoms with Gasteiger partial charge in [-0.05, 0) is 37.6 Å². The number of rotatable bonds is 4. The van der Waals surface area contributed by atoms with E-state index in [1.54, 1.807) is 18.2 Å². The Morgan fingerprint density at radius 3 is 2.75 bits per heavy atom. The van der Waals surface area contributed by atoms with Crippen molar-refractivity contribution in [2.24, 2.45) is 11.1 Å². The molecule has 1 aromatic carbocycles. The largest absolute Gasteiger partial charge is 0.326 e. The van der Waals surface area contributed by atoms with Gasteiger partial charge in [0.15, 0.2) is 0 Å². The number of nitrogens with one attached hydrogen (secondary N) is 3. The number of hydrogen-bond acceptors (Lipinski definition) is 4. The Morgan fingerprint density at radius 2 is 2.10 bits per heavy atom. The lowest BCUT2D eigenvalue weighted by Gasteiger charge is -2.22. The van der Waals surface area contributed by atoms with Crippen molar-refractivity contribution >= 4 is 27.5 Å². The molecule has 5 N–H and O–H groups in total. The second kappa shape index (κ2) is 6.21. The third-order valence-corrected chi connectivity index (χ3v) is 3.58. The van der Waals surface area contributed by atoms with E-state index in [1.807, 2.05) is 0 Å². The molecule has 0 bridgehead atoms. The van der Waals surface area contributed by atoms with Crippen LogP contribution in [0.2, 0.25) is 0 Å². The number of amides is 1. The number of nitrogens with two attached hydrogens (primary N) is 1. The van der Waals surface area contributed by atoms with Gasteiger partial charge in [-0.1, -0.05) is 6.07 Å². The first-order chi connectivity index (χ1) is 9.44. The summed E-state index contributed by atoms with van der Waals surface area (Å²) in [7, 11) is -3.82. The lowest BCUT2D eigenvalue weighted by Crippen LogP contribution is -2.37. The summed E-state index contributed by atoms with van der Waals surface area (Å²) in [4.78, 5) is 12.0. The smallest absolute Gasteiger partial charge is 0.296 e. The first-order valence-electron chi connectivity index (χ1n) is 6.36. The van der Waals surface area contributed by atoms with Crippen LogP contribution in [0.25, 0.3) is 0 Å². The molecule has 0 spiro atoms. The summed E-state index contributed by atoms with van der Waals surface area (Å²) < 4.78 is 24.1. The highest BCUT2D eigenvalue weighted by atomic mass is 32.2. The third-order valence-electron chi connectivity index (χ3n) is 3.06. The second-order valence-corrected chi connectivity index (χ2v) is 6.05. The van der Waals surface area contributed by atoms with Gasteiger partial charge in [0.25, 0.3) is 10.2 Å². The van der Waals surface area contributed by atoms with Crippen molar-refractivity contribution in [3.8, 4) is 0 Å².